The van der Waals surface area contributed by atoms with E-state index in [1.165, 1.54) is 19.3 Å². The summed E-state index contributed by atoms with van der Waals surface area (Å²) in [7, 11) is 0. The highest BCUT2D eigenvalue weighted by atomic mass is 16.6. The second kappa shape index (κ2) is 15.8. The molecule has 1 aromatic carbocycles. The van der Waals surface area contributed by atoms with Crippen molar-refractivity contribution in [1.82, 2.24) is 10.2 Å². The van der Waals surface area contributed by atoms with Crippen LogP contribution in [0.2, 0.25) is 0 Å². The van der Waals surface area contributed by atoms with Gasteiger partial charge in [-0.15, -0.1) is 0 Å². The minimum absolute atomic E-state index is 0.0447. The molecule has 12 nitrogen and oxygen atoms in total. The van der Waals surface area contributed by atoms with Gasteiger partial charge in [-0.2, -0.15) is 0 Å². The third kappa shape index (κ3) is 10.7. The summed E-state index contributed by atoms with van der Waals surface area (Å²) in [6.07, 6.45) is 6.45. The normalized spacial score (nSPS) is 26.3. The van der Waals surface area contributed by atoms with E-state index in [1.54, 1.807) is 4.90 Å². The average molecular weight is 647 g/mol. The van der Waals surface area contributed by atoms with E-state index in [0.29, 0.717) is 24.3 Å². The van der Waals surface area contributed by atoms with Crippen molar-refractivity contribution < 1.29 is 48.4 Å². The minimum Gasteiger partial charge on any atom is -0.473 e. The number of carboxylic acids is 2. The first-order chi connectivity index (χ1) is 21.5. The van der Waals surface area contributed by atoms with Gasteiger partial charge in [-0.1, -0.05) is 43.2 Å². The lowest BCUT2D eigenvalue weighted by atomic mass is 9.94. The van der Waals surface area contributed by atoms with Crippen molar-refractivity contribution in [2.75, 3.05) is 13.1 Å². The van der Waals surface area contributed by atoms with Crippen LogP contribution in [0.15, 0.2) is 30.3 Å². The smallest absolute Gasteiger partial charge is 0.414 e. The highest BCUT2D eigenvalue weighted by Crippen LogP contribution is 2.43. The van der Waals surface area contributed by atoms with Crippen LogP contribution in [0.5, 0.6) is 0 Å². The number of aliphatic carboxylic acids is 2. The van der Waals surface area contributed by atoms with Gasteiger partial charge in [0.15, 0.2) is 0 Å². The average Bonchev–Trinajstić information content (AvgIpc) is 3.72. The fourth-order valence-electron chi connectivity index (χ4n) is 6.77. The van der Waals surface area contributed by atoms with Crippen LogP contribution in [-0.4, -0.2) is 81.5 Å². The third-order valence-corrected chi connectivity index (χ3v) is 8.57. The van der Waals surface area contributed by atoms with Gasteiger partial charge in [0.25, 0.3) is 0 Å². The highest BCUT2D eigenvalue weighted by molar-refractivity contribution is 6.27. The van der Waals surface area contributed by atoms with Crippen molar-refractivity contribution in [1.29, 1.82) is 0 Å². The van der Waals surface area contributed by atoms with Gasteiger partial charge in [-0.3, -0.25) is 9.69 Å². The van der Waals surface area contributed by atoms with Gasteiger partial charge >= 0.3 is 30.0 Å². The molecule has 0 radical (unpaired) electrons. The molecule has 2 saturated carbocycles. The van der Waals surface area contributed by atoms with Gasteiger partial charge in [-0.05, 0) is 103 Å². The van der Waals surface area contributed by atoms with Crippen LogP contribution in [0, 0.1) is 23.7 Å². The lowest BCUT2D eigenvalue weighted by molar-refractivity contribution is -0.161. The lowest BCUT2D eigenvalue weighted by Crippen LogP contribution is -2.46. The summed E-state index contributed by atoms with van der Waals surface area (Å²) in [4.78, 5) is 57.1. The van der Waals surface area contributed by atoms with E-state index in [1.807, 2.05) is 71.9 Å². The number of ether oxygens (including phenoxy) is 3. The molecule has 12 heteroatoms. The highest BCUT2D eigenvalue weighted by Gasteiger charge is 2.51. The maximum absolute atomic E-state index is 12.7. The number of rotatable bonds is 4. The molecule has 4 fully saturated rings. The Morgan fingerprint density at radius 3 is 1.89 bits per heavy atom. The van der Waals surface area contributed by atoms with Gasteiger partial charge in [-0.25, -0.2) is 19.2 Å². The Labute approximate surface area is 271 Å². The molecule has 1 amide bonds. The molecule has 46 heavy (non-hydrogen) atoms. The zero-order valence-corrected chi connectivity index (χ0v) is 27.8. The van der Waals surface area contributed by atoms with Gasteiger partial charge in [0, 0.05) is 6.54 Å². The number of benzene rings is 1. The summed E-state index contributed by atoms with van der Waals surface area (Å²) in [5, 5.41) is 18.1. The van der Waals surface area contributed by atoms with Crippen molar-refractivity contribution in [2.45, 2.75) is 110 Å². The lowest BCUT2D eigenvalue weighted by Gasteiger charge is -2.29. The van der Waals surface area contributed by atoms with E-state index in [0.717, 1.165) is 31.4 Å². The second-order valence-corrected chi connectivity index (χ2v) is 14.4. The molecule has 5 rings (SSSR count). The van der Waals surface area contributed by atoms with Crippen LogP contribution in [0.1, 0.15) is 85.6 Å². The number of likely N-dealkylation sites (tertiary alicyclic amines) is 1. The molecule has 2 aliphatic carbocycles. The Morgan fingerprint density at radius 2 is 1.33 bits per heavy atom. The second-order valence-electron chi connectivity index (χ2n) is 14.4. The number of esters is 2. The van der Waals surface area contributed by atoms with Gasteiger partial charge in [0.2, 0.25) is 0 Å². The number of hydrogen-bond donors (Lipinski definition) is 3. The molecule has 2 aliphatic heterocycles. The summed E-state index contributed by atoms with van der Waals surface area (Å²) in [5.41, 5.74) is 0.00658. The summed E-state index contributed by atoms with van der Waals surface area (Å²) >= 11 is 0. The number of amides is 1. The van der Waals surface area contributed by atoms with Crippen LogP contribution < -0.4 is 5.32 Å². The zero-order valence-electron chi connectivity index (χ0n) is 27.8. The topological polar surface area (TPSA) is 169 Å². The molecule has 2 heterocycles. The molecule has 4 aliphatic rings. The Balaban J connectivity index is 0.000000231. The molecule has 0 unspecified atom stereocenters. The van der Waals surface area contributed by atoms with E-state index in [9.17, 15) is 14.4 Å². The van der Waals surface area contributed by atoms with E-state index in [2.05, 4.69) is 5.32 Å². The van der Waals surface area contributed by atoms with Crippen LogP contribution in [0.3, 0.4) is 0 Å². The largest absolute Gasteiger partial charge is 0.473 e. The van der Waals surface area contributed by atoms with Crippen LogP contribution in [0.4, 0.5) is 4.79 Å². The van der Waals surface area contributed by atoms with E-state index >= 15 is 0 Å². The number of nitrogens with zero attached hydrogens (tertiary/aromatic N) is 1. The van der Waals surface area contributed by atoms with Crippen molar-refractivity contribution in [3.63, 3.8) is 0 Å². The van der Waals surface area contributed by atoms with Crippen LogP contribution in [-0.2, 0) is 40.0 Å². The summed E-state index contributed by atoms with van der Waals surface area (Å²) in [6.45, 7) is 13.1. The Morgan fingerprint density at radius 1 is 0.783 bits per heavy atom. The van der Waals surface area contributed by atoms with Crippen LogP contribution in [0.25, 0.3) is 0 Å². The summed E-state index contributed by atoms with van der Waals surface area (Å²) in [6, 6.07) is 9.01. The predicted molar refractivity (Wildman–Crippen MR) is 168 cm³/mol. The maximum atomic E-state index is 12.7. The third-order valence-electron chi connectivity index (χ3n) is 8.57. The SMILES string of the molecule is CC(C)(C)OC(=O)[C@@H]1[C@H]2CCC[C@H]2CN1C(=O)OCc1ccccc1.CC(C)(C)OC(=O)[C@H]1NC[C@@H]2CCC[C@@H]21.O=C(O)C(=O)O. The van der Waals surface area contributed by atoms with Gasteiger partial charge < -0.3 is 29.7 Å². The summed E-state index contributed by atoms with van der Waals surface area (Å²) in [5.74, 6) is -2.20. The molecule has 0 bridgehead atoms. The fraction of sp³-hybridized carbons (Fsp3) is 0.676. The van der Waals surface area contributed by atoms with Crippen molar-refractivity contribution in [2.24, 2.45) is 23.7 Å². The number of carbonyl (C=O) groups is 5. The van der Waals surface area contributed by atoms with Gasteiger partial charge in [0.05, 0.1) is 0 Å². The first kappa shape index (κ1) is 36.8. The fourth-order valence-corrected chi connectivity index (χ4v) is 6.77. The molecular weight excluding hydrogens is 596 g/mol. The molecule has 2 saturated heterocycles. The van der Waals surface area contributed by atoms with Crippen LogP contribution >= 0.6 is 0 Å². The Hall–Kier alpha value is -3.67. The van der Waals surface area contributed by atoms with E-state index < -0.39 is 29.7 Å². The van der Waals surface area contributed by atoms with Crippen molar-refractivity contribution in [3.05, 3.63) is 35.9 Å². The van der Waals surface area contributed by atoms with E-state index in [4.69, 9.17) is 34.0 Å². The van der Waals surface area contributed by atoms with Gasteiger partial charge in [0.1, 0.15) is 29.9 Å². The number of carboxylic acid groups (broad SMARTS) is 2. The van der Waals surface area contributed by atoms with E-state index in [-0.39, 0.29) is 36.1 Å². The first-order valence-corrected chi connectivity index (χ1v) is 16.1. The summed E-state index contributed by atoms with van der Waals surface area (Å²) < 4.78 is 16.5. The van der Waals surface area contributed by atoms with Crippen molar-refractivity contribution in [3.8, 4) is 0 Å². The quantitative estimate of drug-likeness (QED) is 0.237. The Bertz CT molecular complexity index is 1210. The predicted octanol–water partition coefficient (Wildman–Crippen LogP) is 4.64. The molecule has 3 N–H and O–H groups in total. The number of hydrogen-bond acceptors (Lipinski definition) is 9. The molecule has 6 atom stereocenters. The molecule has 256 valence electrons. The molecule has 0 aromatic heterocycles. The maximum Gasteiger partial charge on any atom is 0.414 e. The molecule has 0 spiro atoms. The zero-order chi connectivity index (χ0) is 34.2. The molecule has 1 aromatic rings. The number of fused-ring (bicyclic) bond motifs is 2. The number of nitrogens with one attached hydrogen (secondary N) is 1. The number of carbonyl (C=O) groups excluding carboxylic acids is 3. The minimum atomic E-state index is -1.82. The first-order valence-electron chi connectivity index (χ1n) is 16.1. The molecular formula is C34H50N2O10. The standard InChI is InChI=1S/C20H27NO4.C12H21NO2.C2H2O4/c1-20(2,3)25-18(22)17-16-11-7-10-15(16)12-21(17)19(23)24-13-14-8-5-4-6-9-14;1-12(2,3)15-11(14)10-9-6-4-5-8(9)7-13-10;3-1(4)2(5)6/h4-6,8-9,15-17H,7,10-13H2,1-3H3;8-10,13H,4-7H2,1-3H3;(H,3,4)(H,5,6)/t15-,16-,17-;8-,9-,10-;/m00./s1. The Kier molecular flexibility index (Phi) is 12.6. The van der Waals surface area contributed by atoms with Crippen molar-refractivity contribution >= 4 is 30.0 Å². The monoisotopic (exact) mass is 646 g/mol.